The van der Waals surface area contributed by atoms with Gasteiger partial charge in [-0.2, -0.15) is 8.78 Å². The lowest BCUT2D eigenvalue weighted by atomic mass is 10.1. The third-order valence-corrected chi connectivity index (χ3v) is 4.29. The number of ether oxygens (including phenoxy) is 1. The molecule has 1 atom stereocenters. The zero-order valence-electron chi connectivity index (χ0n) is 16.9. The second kappa shape index (κ2) is 11.0. The number of aliphatic imine (C=N–C) groups is 1. The van der Waals surface area contributed by atoms with Crippen molar-refractivity contribution in [3.63, 3.8) is 0 Å². The zero-order chi connectivity index (χ0) is 22.1. The minimum absolute atomic E-state index is 0.0430. The Kier molecular flexibility index (Phi) is 7.88. The number of aliphatic hydroxyl groups excluding tert-OH is 1. The van der Waals surface area contributed by atoms with Crippen LogP contribution in [0.1, 0.15) is 24.2 Å². The van der Waals surface area contributed by atoms with Gasteiger partial charge >= 0.3 is 6.61 Å². The maximum Gasteiger partial charge on any atom is 0.387 e. The predicted molar refractivity (Wildman–Crippen MR) is 112 cm³/mol. The highest BCUT2D eigenvalue weighted by molar-refractivity contribution is 5.79. The lowest BCUT2D eigenvalue weighted by Gasteiger charge is -2.16. The van der Waals surface area contributed by atoms with Crippen LogP contribution in [0.4, 0.5) is 8.78 Å². The first-order valence-corrected chi connectivity index (χ1v) is 9.73. The van der Waals surface area contributed by atoms with Crippen LogP contribution in [-0.4, -0.2) is 45.3 Å². The number of pyridine rings is 1. The number of rotatable bonds is 9. The van der Waals surface area contributed by atoms with Crippen LogP contribution in [0.5, 0.6) is 5.75 Å². The number of nitrogens with one attached hydrogen (secondary N) is 2. The first-order valence-electron chi connectivity index (χ1n) is 9.73. The van der Waals surface area contributed by atoms with Crippen LogP contribution in [0.3, 0.4) is 0 Å². The Morgan fingerprint density at radius 1 is 1.19 bits per heavy atom. The van der Waals surface area contributed by atoms with E-state index in [1.165, 1.54) is 12.1 Å². The molecule has 2 heterocycles. The molecule has 164 valence electrons. The molecule has 3 aromatic rings. The van der Waals surface area contributed by atoms with Gasteiger partial charge in [0.25, 0.3) is 0 Å². The van der Waals surface area contributed by atoms with Gasteiger partial charge in [0.1, 0.15) is 17.9 Å². The number of benzene rings is 1. The fourth-order valence-corrected chi connectivity index (χ4v) is 2.75. The van der Waals surface area contributed by atoms with Crippen LogP contribution in [0.15, 0.2) is 66.3 Å². The maximum atomic E-state index is 12.2. The Morgan fingerprint density at radius 3 is 2.61 bits per heavy atom. The van der Waals surface area contributed by atoms with Crippen molar-refractivity contribution in [3.05, 3.63) is 72.4 Å². The summed E-state index contributed by atoms with van der Waals surface area (Å²) in [6.07, 6.45) is 6.09. The fourth-order valence-electron chi connectivity index (χ4n) is 2.75. The molecule has 1 unspecified atom stereocenters. The minimum atomic E-state index is -2.88. The number of imidazole rings is 1. The van der Waals surface area contributed by atoms with Crippen LogP contribution >= 0.6 is 0 Å². The van der Waals surface area contributed by atoms with Gasteiger partial charge in [-0.25, -0.2) is 15.0 Å². The molecule has 0 radical (unpaired) electrons. The second-order valence-electron chi connectivity index (χ2n) is 6.53. The lowest BCUT2D eigenvalue weighted by molar-refractivity contribution is -0.0498. The van der Waals surface area contributed by atoms with Gasteiger partial charge in [0.05, 0.1) is 12.6 Å². The largest absolute Gasteiger partial charge is 0.435 e. The molecule has 0 aliphatic heterocycles. The first kappa shape index (κ1) is 22.2. The SMILES string of the molecule is CCNC(=NCc1ccc(-n2ccnc2)nc1)NCC(O)c1ccc(OC(F)F)cc1. The van der Waals surface area contributed by atoms with Crippen molar-refractivity contribution >= 4 is 5.96 Å². The predicted octanol–water partition coefficient (Wildman–Crippen LogP) is 2.66. The summed E-state index contributed by atoms with van der Waals surface area (Å²) in [5.41, 5.74) is 1.50. The van der Waals surface area contributed by atoms with Crippen molar-refractivity contribution in [2.75, 3.05) is 13.1 Å². The van der Waals surface area contributed by atoms with Crippen molar-refractivity contribution < 1.29 is 18.6 Å². The van der Waals surface area contributed by atoms with Crippen molar-refractivity contribution in [3.8, 4) is 11.6 Å². The van der Waals surface area contributed by atoms with Crippen molar-refractivity contribution in [1.29, 1.82) is 0 Å². The van der Waals surface area contributed by atoms with Crippen LogP contribution in [-0.2, 0) is 6.54 Å². The molecule has 31 heavy (non-hydrogen) atoms. The molecular formula is C21H24F2N6O2. The fraction of sp³-hybridized carbons (Fsp3) is 0.286. The van der Waals surface area contributed by atoms with E-state index in [-0.39, 0.29) is 12.3 Å². The lowest BCUT2D eigenvalue weighted by Crippen LogP contribution is -2.39. The number of hydrogen-bond acceptors (Lipinski definition) is 5. The summed E-state index contributed by atoms with van der Waals surface area (Å²) >= 11 is 0. The van der Waals surface area contributed by atoms with E-state index in [9.17, 15) is 13.9 Å². The number of aliphatic hydroxyl groups is 1. The number of halogens is 2. The zero-order valence-corrected chi connectivity index (χ0v) is 16.9. The average Bonchev–Trinajstić information content (AvgIpc) is 3.31. The Bertz CT molecular complexity index is 947. The van der Waals surface area contributed by atoms with Gasteiger partial charge in [-0.05, 0) is 36.2 Å². The topological polar surface area (TPSA) is 96.6 Å². The van der Waals surface area contributed by atoms with Crippen LogP contribution in [0.25, 0.3) is 5.82 Å². The number of nitrogens with zero attached hydrogens (tertiary/aromatic N) is 4. The van der Waals surface area contributed by atoms with Gasteiger partial charge < -0.3 is 20.5 Å². The monoisotopic (exact) mass is 430 g/mol. The Balaban J connectivity index is 1.55. The Hall–Kier alpha value is -3.53. The third kappa shape index (κ3) is 6.75. The molecule has 0 aliphatic carbocycles. The molecule has 1 aromatic carbocycles. The van der Waals surface area contributed by atoms with Crippen molar-refractivity contribution in [2.24, 2.45) is 4.99 Å². The van der Waals surface area contributed by atoms with E-state index in [0.29, 0.717) is 24.6 Å². The van der Waals surface area contributed by atoms with E-state index in [2.05, 4.69) is 30.3 Å². The smallest absolute Gasteiger partial charge is 0.387 e. The molecule has 3 rings (SSSR count). The summed E-state index contributed by atoms with van der Waals surface area (Å²) in [4.78, 5) is 12.9. The highest BCUT2D eigenvalue weighted by Gasteiger charge is 2.10. The van der Waals surface area contributed by atoms with Crippen LogP contribution < -0.4 is 15.4 Å². The van der Waals surface area contributed by atoms with E-state index < -0.39 is 12.7 Å². The average molecular weight is 430 g/mol. The third-order valence-electron chi connectivity index (χ3n) is 4.29. The first-order chi connectivity index (χ1) is 15.0. The molecule has 0 saturated heterocycles. The van der Waals surface area contributed by atoms with Crippen molar-refractivity contribution in [2.45, 2.75) is 26.2 Å². The number of hydrogen-bond donors (Lipinski definition) is 3. The maximum absolute atomic E-state index is 12.2. The number of aromatic nitrogens is 3. The molecule has 0 amide bonds. The summed E-state index contributed by atoms with van der Waals surface area (Å²) < 4.78 is 30.6. The van der Waals surface area contributed by atoms with Crippen LogP contribution in [0, 0.1) is 0 Å². The quantitative estimate of drug-likeness (QED) is 0.357. The van der Waals surface area contributed by atoms with E-state index in [4.69, 9.17) is 0 Å². The molecular weight excluding hydrogens is 406 g/mol. The molecule has 0 fully saturated rings. The van der Waals surface area contributed by atoms with Gasteiger partial charge in [0.15, 0.2) is 5.96 Å². The summed E-state index contributed by atoms with van der Waals surface area (Å²) in [5.74, 6) is 1.35. The highest BCUT2D eigenvalue weighted by atomic mass is 19.3. The van der Waals surface area contributed by atoms with Gasteiger partial charge in [-0.15, -0.1) is 0 Å². The van der Waals surface area contributed by atoms with Crippen molar-refractivity contribution in [1.82, 2.24) is 25.2 Å². The van der Waals surface area contributed by atoms with Gasteiger partial charge in [-0.1, -0.05) is 18.2 Å². The molecule has 0 bridgehead atoms. The number of alkyl halides is 2. The number of guanidine groups is 1. The Labute approximate surface area is 178 Å². The van der Waals surface area contributed by atoms with E-state index in [1.807, 2.05) is 29.8 Å². The van der Waals surface area contributed by atoms with E-state index in [1.54, 1.807) is 30.9 Å². The highest BCUT2D eigenvalue weighted by Crippen LogP contribution is 2.19. The van der Waals surface area contributed by atoms with Gasteiger partial charge in [0, 0.05) is 31.7 Å². The summed E-state index contributed by atoms with van der Waals surface area (Å²) in [7, 11) is 0. The normalized spacial score (nSPS) is 12.6. The molecule has 0 aliphatic rings. The second-order valence-corrected chi connectivity index (χ2v) is 6.53. The van der Waals surface area contributed by atoms with E-state index in [0.717, 1.165) is 11.4 Å². The molecule has 2 aromatic heterocycles. The van der Waals surface area contributed by atoms with Gasteiger partial charge in [-0.3, -0.25) is 4.57 Å². The Morgan fingerprint density at radius 2 is 2.00 bits per heavy atom. The summed E-state index contributed by atoms with van der Waals surface area (Å²) in [6.45, 7) is 0.311. The molecule has 0 saturated carbocycles. The van der Waals surface area contributed by atoms with Gasteiger partial charge in [0.2, 0.25) is 0 Å². The molecule has 10 heteroatoms. The van der Waals surface area contributed by atoms with E-state index >= 15 is 0 Å². The molecule has 8 nitrogen and oxygen atoms in total. The summed E-state index contributed by atoms with van der Waals surface area (Å²) in [5, 5.41) is 16.6. The van der Waals surface area contributed by atoms with Crippen LogP contribution in [0.2, 0.25) is 0 Å². The standard InChI is InChI=1S/C21H24F2N6O2/c1-2-25-21(27-12-15-3-8-19(26-11-15)29-10-9-24-14-29)28-13-18(30)16-4-6-17(7-5-16)31-20(22)23/h3-11,14,18,20,30H,2,12-13H2,1H3,(H2,25,27,28). The molecule has 3 N–H and O–H groups in total. The summed E-state index contributed by atoms with van der Waals surface area (Å²) in [6, 6.07) is 9.70. The molecule has 0 spiro atoms. The minimum Gasteiger partial charge on any atom is -0.435 e.